The van der Waals surface area contributed by atoms with Crippen molar-refractivity contribution >= 4 is 5.91 Å². The van der Waals surface area contributed by atoms with Crippen LogP contribution in [-0.4, -0.2) is 19.1 Å². The maximum absolute atomic E-state index is 11.8. The standard InChI is InChI=1S/C18H21NO2/c1-14-8-9-15(2)17(12-14)21-13-18(20)19-11-10-16-6-4-3-5-7-16/h3-9,12H,10-11,13H2,1-2H3,(H,19,20). The second-order valence-electron chi connectivity index (χ2n) is 5.14. The average Bonchev–Trinajstić information content (AvgIpc) is 2.49. The highest BCUT2D eigenvalue weighted by molar-refractivity contribution is 5.77. The predicted octanol–water partition coefficient (Wildman–Crippen LogP) is 3.04. The van der Waals surface area contributed by atoms with Gasteiger partial charge >= 0.3 is 0 Å². The van der Waals surface area contributed by atoms with Gasteiger partial charge in [0.25, 0.3) is 5.91 Å². The monoisotopic (exact) mass is 283 g/mol. The lowest BCUT2D eigenvalue weighted by molar-refractivity contribution is -0.123. The third kappa shape index (κ3) is 4.95. The summed E-state index contributed by atoms with van der Waals surface area (Å²) in [6, 6.07) is 16.1. The van der Waals surface area contributed by atoms with E-state index in [1.54, 1.807) is 0 Å². The molecule has 3 heteroatoms. The number of amides is 1. The first-order valence-corrected chi connectivity index (χ1v) is 7.16. The van der Waals surface area contributed by atoms with Crippen LogP contribution < -0.4 is 10.1 Å². The number of carbonyl (C=O) groups excluding carboxylic acids is 1. The second-order valence-corrected chi connectivity index (χ2v) is 5.14. The van der Waals surface area contributed by atoms with Gasteiger partial charge in [-0.15, -0.1) is 0 Å². The van der Waals surface area contributed by atoms with Crippen molar-refractivity contribution in [3.63, 3.8) is 0 Å². The van der Waals surface area contributed by atoms with Crippen molar-refractivity contribution in [2.75, 3.05) is 13.2 Å². The molecular formula is C18H21NO2. The minimum absolute atomic E-state index is 0.0546. The molecule has 0 heterocycles. The molecule has 0 unspecified atom stereocenters. The van der Waals surface area contributed by atoms with E-state index in [0.29, 0.717) is 6.54 Å². The number of carbonyl (C=O) groups is 1. The average molecular weight is 283 g/mol. The van der Waals surface area contributed by atoms with Gasteiger partial charge in [-0.3, -0.25) is 4.79 Å². The van der Waals surface area contributed by atoms with Crippen LogP contribution in [0.2, 0.25) is 0 Å². The predicted molar refractivity (Wildman–Crippen MR) is 84.6 cm³/mol. The molecule has 0 bridgehead atoms. The first-order chi connectivity index (χ1) is 10.1. The van der Waals surface area contributed by atoms with Crippen molar-refractivity contribution in [3.8, 4) is 5.75 Å². The molecular weight excluding hydrogens is 262 g/mol. The van der Waals surface area contributed by atoms with Crippen molar-refractivity contribution in [1.82, 2.24) is 5.32 Å². The molecule has 0 radical (unpaired) electrons. The minimum Gasteiger partial charge on any atom is -0.483 e. The number of benzene rings is 2. The van der Waals surface area contributed by atoms with Gasteiger partial charge in [-0.1, -0.05) is 42.5 Å². The van der Waals surface area contributed by atoms with Gasteiger partial charge in [0.1, 0.15) is 5.75 Å². The van der Waals surface area contributed by atoms with Crippen molar-refractivity contribution in [3.05, 3.63) is 65.2 Å². The molecule has 1 amide bonds. The van der Waals surface area contributed by atoms with Crippen LogP contribution in [0, 0.1) is 13.8 Å². The normalized spacial score (nSPS) is 10.2. The van der Waals surface area contributed by atoms with E-state index in [1.807, 2.05) is 50.2 Å². The molecule has 0 aliphatic heterocycles. The third-order valence-electron chi connectivity index (χ3n) is 3.28. The largest absolute Gasteiger partial charge is 0.483 e. The molecule has 0 fully saturated rings. The summed E-state index contributed by atoms with van der Waals surface area (Å²) in [7, 11) is 0. The van der Waals surface area contributed by atoms with Crippen molar-refractivity contribution in [1.29, 1.82) is 0 Å². The number of nitrogens with one attached hydrogen (secondary N) is 1. The summed E-state index contributed by atoms with van der Waals surface area (Å²) in [5, 5.41) is 2.87. The number of aryl methyl sites for hydroxylation is 2. The molecule has 0 aliphatic rings. The van der Waals surface area contributed by atoms with E-state index in [-0.39, 0.29) is 12.5 Å². The fourth-order valence-corrected chi connectivity index (χ4v) is 2.05. The Hall–Kier alpha value is -2.29. The molecule has 0 aliphatic carbocycles. The lowest BCUT2D eigenvalue weighted by Crippen LogP contribution is -2.30. The van der Waals surface area contributed by atoms with Gasteiger partial charge in [0, 0.05) is 6.54 Å². The van der Waals surface area contributed by atoms with E-state index >= 15 is 0 Å². The Balaban J connectivity index is 1.74. The van der Waals surface area contributed by atoms with E-state index < -0.39 is 0 Å². The molecule has 110 valence electrons. The molecule has 21 heavy (non-hydrogen) atoms. The van der Waals surface area contributed by atoms with Crippen molar-refractivity contribution < 1.29 is 9.53 Å². The molecule has 2 aromatic carbocycles. The van der Waals surface area contributed by atoms with E-state index in [1.165, 1.54) is 5.56 Å². The summed E-state index contributed by atoms with van der Waals surface area (Å²) >= 11 is 0. The highest BCUT2D eigenvalue weighted by atomic mass is 16.5. The summed E-state index contributed by atoms with van der Waals surface area (Å²) in [5.41, 5.74) is 3.38. The molecule has 0 saturated heterocycles. The van der Waals surface area contributed by atoms with Crippen LogP contribution in [0.25, 0.3) is 0 Å². The summed E-state index contributed by atoms with van der Waals surface area (Å²) < 4.78 is 5.57. The number of hydrogen-bond acceptors (Lipinski definition) is 2. The molecule has 0 saturated carbocycles. The summed E-state index contributed by atoms with van der Waals surface area (Å²) in [6.07, 6.45) is 0.829. The smallest absolute Gasteiger partial charge is 0.257 e. The molecule has 0 spiro atoms. The lowest BCUT2D eigenvalue weighted by Gasteiger charge is -2.10. The Labute approximate surface area is 126 Å². The zero-order valence-corrected chi connectivity index (χ0v) is 12.6. The van der Waals surface area contributed by atoms with Gasteiger partial charge in [-0.05, 0) is 43.0 Å². The van der Waals surface area contributed by atoms with Gasteiger partial charge in [0.2, 0.25) is 0 Å². The maximum Gasteiger partial charge on any atom is 0.257 e. The first kappa shape index (κ1) is 15.1. The van der Waals surface area contributed by atoms with Crippen molar-refractivity contribution in [2.45, 2.75) is 20.3 Å². The fourth-order valence-electron chi connectivity index (χ4n) is 2.05. The zero-order valence-electron chi connectivity index (χ0n) is 12.6. The Morgan fingerprint density at radius 3 is 2.62 bits per heavy atom. The Bertz CT molecular complexity index is 593. The van der Waals surface area contributed by atoms with Crippen LogP contribution in [0.4, 0.5) is 0 Å². The van der Waals surface area contributed by atoms with E-state index in [4.69, 9.17) is 4.74 Å². The van der Waals surface area contributed by atoms with E-state index in [9.17, 15) is 4.79 Å². The van der Waals surface area contributed by atoms with Crippen LogP contribution in [0.15, 0.2) is 48.5 Å². The molecule has 1 N–H and O–H groups in total. The molecule has 2 aromatic rings. The Morgan fingerprint density at radius 1 is 1.10 bits per heavy atom. The maximum atomic E-state index is 11.8. The van der Waals surface area contributed by atoms with E-state index in [2.05, 4.69) is 17.4 Å². The van der Waals surface area contributed by atoms with Crippen LogP contribution in [0.1, 0.15) is 16.7 Å². The summed E-state index contributed by atoms with van der Waals surface area (Å²) in [6.45, 7) is 4.66. The lowest BCUT2D eigenvalue weighted by atomic mass is 10.1. The second kappa shape index (κ2) is 7.48. The molecule has 0 atom stereocenters. The van der Waals surface area contributed by atoms with Gasteiger partial charge in [0.05, 0.1) is 0 Å². The minimum atomic E-state index is -0.0909. The fraction of sp³-hybridized carbons (Fsp3) is 0.278. The highest BCUT2D eigenvalue weighted by Gasteiger charge is 2.05. The number of ether oxygens (including phenoxy) is 1. The number of rotatable bonds is 6. The molecule has 2 rings (SSSR count). The van der Waals surface area contributed by atoms with E-state index in [0.717, 1.165) is 23.3 Å². The summed E-state index contributed by atoms with van der Waals surface area (Å²) in [4.78, 5) is 11.8. The third-order valence-corrected chi connectivity index (χ3v) is 3.28. The topological polar surface area (TPSA) is 38.3 Å². The van der Waals surface area contributed by atoms with Crippen LogP contribution in [0.5, 0.6) is 5.75 Å². The zero-order chi connectivity index (χ0) is 15.1. The van der Waals surface area contributed by atoms with Crippen LogP contribution >= 0.6 is 0 Å². The first-order valence-electron chi connectivity index (χ1n) is 7.16. The van der Waals surface area contributed by atoms with Gasteiger partial charge < -0.3 is 10.1 Å². The highest BCUT2D eigenvalue weighted by Crippen LogP contribution is 2.18. The van der Waals surface area contributed by atoms with Gasteiger partial charge in [-0.25, -0.2) is 0 Å². The van der Waals surface area contributed by atoms with Gasteiger partial charge in [-0.2, -0.15) is 0 Å². The van der Waals surface area contributed by atoms with Crippen LogP contribution in [-0.2, 0) is 11.2 Å². The molecule has 3 nitrogen and oxygen atoms in total. The Morgan fingerprint density at radius 2 is 1.86 bits per heavy atom. The van der Waals surface area contributed by atoms with Gasteiger partial charge in [0.15, 0.2) is 6.61 Å². The molecule has 0 aromatic heterocycles. The quantitative estimate of drug-likeness (QED) is 0.885. The number of hydrogen-bond donors (Lipinski definition) is 1. The SMILES string of the molecule is Cc1ccc(C)c(OCC(=O)NCCc2ccccc2)c1. The summed E-state index contributed by atoms with van der Waals surface area (Å²) in [5.74, 6) is 0.681. The van der Waals surface area contributed by atoms with Crippen LogP contribution in [0.3, 0.4) is 0 Å². The Kier molecular flexibility index (Phi) is 5.38. The van der Waals surface area contributed by atoms with Crippen molar-refractivity contribution in [2.24, 2.45) is 0 Å².